The molecule has 2 heterocycles. The second kappa shape index (κ2) is 9.96. The van der Waals surface area contributed by atoms with Gasteiger partial charge in [0.15, 0.2) is 5.17 Å². The summed E-state index contributed by atoms with van der Waals surface area (Å²) < 4.78 is 7.22. The van der Waals surface area contributed by atoms with Crippen LogP contribution in [0.15, 0.2) is 58.4 Å². The first-order chi connectivity index (χ1) is 16.7. The number of rotatable bonds is 5. The Morgan fingerprint density at radius 3 is 2.46 bits per heavy atom. The Morgan fingerprint density at radius 2 is 1.77 bits per heavy atom. The summed E-state index contributed by atoms with van der Waals surface area (Å²) in [6.45, 7) is 10.2. The van der Waals surface area contributed by atoms with Crippen molar-refractivity contribution in [2.45, 2.75) is 34.6 Å². The number of esters is 1. The monoisotopic (exact) mass is 487 g/mol. The molecule has 1 saturated heterocycles. The Morgan fingerprint density at radius 1 is 1.06 bits per heavy atom. The highest BCUT2D eigenvalue weighted by atomic mass is 32.2. The number of aryl methyl sites for hydroxylation is 3. The third-order valence-corrected chi connectivity index (χ3v) is 6.87. The van der Waals surface area contributed by atoms with Crippen LogP contribution >= 0.6 is 11.8 Å². The number of amides is 1. The minimum Gasteiger partial charge on any atom is -0.462 e. The van der Waals surface area contributed by atoms with Gasteiger partial charge < -0.3 is 9.30 Å². The minimum absolute atomic E-state index is 0.0766. The van der Waals surface area contributed by atoms with Crippen LogP contribution in [0, 0.1) is 27.7 Å². The second-order valence-electron chi connectivity index (χ2n) is 8.65. The van der Waals surface area contributed by atoms with Gasteiger partial charge in [0.05, 0.1) is 22.8 Å². The van der Waals surface area contributed by atoms with E-state index in [2.05, 4.69) is 10.6 Å². The lowest BCUT2D eigenvalue weighted by Crippen LogP contribution is -2.23. The van der Waals surface area contributed by atoms with E-state index in [1.807, 2.05) is 70.2 Å². The number of carbonyl (C=O) groups is 2. The molecule has 35 heavy (non-hydrogen) atoms. The molecule has 0 radical (unpaired) electrons. The Balaban J connectivity index is 1.67. The number of carbonyl (C=O) groups excluding carboxylic acids is 2. The van der Waals surface area contributed by atoms with Crippen molar-refractivity contribution in [3.63, 3.8) is 0 Å². The average Bonchev–Trinajstić information content (AvgIpc) is 3.23. The third-order valence-electron chi connectivity index (χ3n) is 5.81. The van der Waals surface area contributed by atoms with E-state index in [-0.39, 0.29) is 11.9 Å². The smallest absolute Gasteiger partial charge is 0.338 e. The number of aliphatic imine (C=N–C) groups is 1. The number of nitrogens with zero attached hydrogens (tertiary/aromatic N) is 3. The van der Waals surface area contributed by atoms with E-state index in [1.165, 1.54) is 11.8 Å². The molecule has 0 saturated carbocycles. The van der Waals surface area contributed by atoms with Crippen LogP contribution in [0.25, 0.3) is 11.8 Å². The Hall–Kier alpha value is -3.58. The maximum absolute atomic E-state index is 13.0. The number of aromatic nitrogens is 1. The van der Waals surface area contributed by atoms with Crippen molar-refractivity contribution in [3.8, 4) is 5.69 Å². The van der Waals surface area contributed by atoms with Crippen LogP contribution in [-0.2, 0) is 9.53 Å². The third kappa shape index (κ3) is 5.10. The molecule has 0 bridgehead atoms. The number of hydrogen-bond donors (Lipinski definition) is 0. The van der Waals surface area contributed by atoms with Gasteiger partial charge >= 0.3 is 5.97 Å². The fraction of sp³-hybridized carbons (Fsp3) is 0.250. The number of amidine groups is 1. The van der Waals surface area contributed by atoms with Crippen molar-refractivity contribution in [3.05, 3.63) is 87.1 Å². The van der Waals surface area contributed by atoms with Crippen molar-refractivity contribution in [1.82, 2.24) is 9.47 Å². The van der Waals surface area contributed by atoms with Crippen LogP contribution in [0.2, 0.25) is 0 Å². The summed E-state index contributed by atoms with van der Waals surface area (Å²) in [6, 6.07) is 15.6. The Kier molecular flexibility index (Phi) is 6.98. The second-order valence-corrected chi connectivity index (χ2v) is 9.66. The van der Waals surface area contributed by atoms with E-state index in [0.717, 1.165) is 39.5 Å². The first kappa shape index (κ1) is 24.5. The normalized spacial score (nSPS) is 15.9. The van der Waals surface area contributed by atoms with Gasteiger partial charge in [0.25, 0.3) is 5.91 Å². The van der Waals surface area contributed by atoms with E-state index in [0.29, 0.717) is 22.2 Å². The first-order valence-electron chi connectivity index (χ1n) is 11.5. The van der Waals surface area contributed by atoms with Crippen LogP contribution in [0.3, 0.4) is 0 Å². The lowest BCUT2D eigenvalue weighted by atomic mass is 10.1. The van der Waals surface area contributed by atoms with E-state index < -0.39 is 0 Å². The summed E-state index contributed by atoms with van der Waals surface area (Å²) in [5.74, 6) is -0.419. The van der Waals surface area contributed by atoms with Gasteiger partial charge in [-0.3, -0.25) is 9.69 Å². The number of ether oxygens (including phenoxy) is 1. The molecule has 180 valence electrons. The maximum atomic E-state index is 13.0. The Labute approximate surface area is 210 Å². The predicted octanol–water partition coefficient (Wildman–Crippen LogP) is 6.12. The summed E-state index contributed by atoms with van der Waals surface area (Å²) in [5.41, 5.74) is 7.41. The van der Waals surface area contributed by atoms with Crippen molar-refractivity contribution in [2.75, 3.05) is 13.7 Å². The summed E-state index contributed by atoms with van der Waals surface area (Å²) in [7, 11) is 1.75. The van der Waals surface area contributed by atoms with Gasteiger partial charge in [0, 0.05) is 24.1 Å². The highest BCUT2D eigenvalue weighted by Crippen LogP contribution is 2.35. The summed E-state index contributed by atoms with van der Waals surface area (Å²) in [4.78, 5) is 32.1. The van der Waals surface area contributed by atoms with Crippen molar-refractivity contribution in [2.24, 2.45) is 4.99 Å². The molecule has 1 fully saturated rings. The lowest BCUT2D eigenvalue weighted by Gasteiger charge is -2.11. The fourth-order valence-corrected chi connectivity index (χ4v) is 5.21. The SMILES string of the molecule is CCOC(=O)c1cccc(-n2c(C)cc(/C=C3\SC(=Nc4cc(C)cc(C)c4)N(C)C3=O)c2C)c1. The molecule has 0 N–H and O–H groups in total. The van der Waals surface area contributed by atoms with Gasteiger partial charge in [-0.1, -0.05) is 12.1 Å². The largest absolute Gasteiger partial charge is 0.462 e. The minimum atomic E-state index is -0.342. The van der Waals surface area contributed by atoms with E-state index >= 15 is 0 Å². The molecule has 1 aliphatic heterocycles. The molecule has 3 aromatic rings. The predicted molar refractivity (Wildman–Crippen MR) is 143 cm³/mol. The highest BCUT2D eigenvalue weighted by Gasteiger charge is 2.30. The molecule has 0 spiro atoms. The molecule has 1 aliphatic rings. The number of thioether (sulfide) groups is 1. The van der Waals surface area contributed by atoms with Crippen molar-refractivity contribution < 1.29 is 14.3 Å². The number of benzene rings is 2. The molecular weight excluding hydrogens is 458 g/mol. The first-order valence-corrected chi connectivity index (χ1v) is 12.3. The van der Waals surface area contributed by atoms with Gasteiger partial charge in [-0.15, -0.1) is 0 Å². The quantitative estimate of drug-likeness (QED) is 0.321. The van der Waals surface area contributed by atoms with E-state index in [9.17, 15) is 9.59 Å². The van der Waals surface area contributed by atoms with Crippen molar-refractivity contribution in [1.29, 1.82) is 0 Å². The zero-order chi connectivity index (χ0) is 25.3. The molecule has 4 rings (SSSR count). The Bertz CT molecular complexity index is 1360. The summed E-state index contributed by atoms with van der Waals surface area (Å²) in [6.07, 6.45) is 1.92. The maximum Gasteiger partial charge on any atom is 0.338 e. The average molecular weight is 488 g/mol. The number of hydrogen-bond acceptors (Lipinski definition) is 5. The van der Waals surface area contributed by atoms with Crippen LogP contribution in [-0.4, -0.2) is 40.2 Å². The zero-order valence-electron chi connectivity index (χ0n) is 20.9. The van der Waals surface area contributed by atoms with Crippen LogP contribution in [0.5, 0.6) is 0 Å². The van der Waals surface area contributed by atoms with Gasteiger partial charge in [-0.05, 0) is 106 Å². The molecule has 6 nitrogen and oxygen atoms in total. The van der Waals surface area contributed by atoms with E-state index in [1.54, 1.807) is 24.9 Å². The molecule has 0 atom stereocenters. The standard InChI is InChI=1S/C28H29N3O3S/c1-7-34-27(33)21-9-8-10-24(15-21)31-19(4)14-22(20(31)5)16-25-26(32)30(6)28(35-25)29-23-12-17(2)11-18(3)13-23/h8-16H,7H2,1-6H3/b25-16-,29-28?. The molecule has 7 heteroatoms. The zero-order valence-corrected chi connectivity index (χ0v) is 21.7. The number of likely N-dealkylation sites (N-methyl/N-ethyl adjacent to an activating group) is 1. The summed E-state index contributed by atoms with van der Waals surface area (Å²) in [5, 5.41) is 0.655. The topological polar surface area (TPSA) is 63.9 Å². The van der Waals surface area contributed by atoms with E-state index in [4.69, 9.17) is 9.73 Å². The van der Waals surface area contributed by atoms with Crippen LogP contribution in [0.1, 0.15) is 45.4 Å². The molecular formula is C28H29N3O3S. The van der Waals surface area contributed by atoms with Crippen molar-refractivity contribution >= 4 is 40.6 Å². The molecule has 2 aromatic carbocycles. The van der Waals surface area contributed by atoms with Crippen LogP contribution < -0.4 is 0 Å². The van der Waals surface area contributed by atoms with Gasteiger partial charge in [0.1, 0.15) is 0 Å². The van der Waals surface area contributed by atoms with Crippen LogP contribution in [0.4, 0.5) is 5.69 Å². The van der Waals surface area contributed by atoms with Gasteiger partial charge in [-0.2, -0.15) is 0 Å². The molecule has 1 amide bonds. The highest BCUT2D eigenvalue weighted by molar-refractivity contribution is 8.18. The lowest BCUT2D eigenvalue weighted by molar-refractivity contribution is -0.121. The molecule has 1 aromatic heterocycles. The van der Waals surface area contributed by atoms with Gasteiger partial charge in [0.2, 0.25) is 0 Å². The fourth-order valence-electron chi connectivity index (χ4n) is 4.24. The van der Waals surface area contributed by atoms with Gasteiger partial charge in [-0.25, -0.2) is 9.79 Å². The molecule has 0 unspecified atom stereocenters. The summed E-state index contributed by atoms with van der Waals surface area (Å²) >= 11 is 1.38. The molecule has 0 aliphatic carbocycles.